The van der Waals surface area contributed by atoms with E-state index < -0.39 is 11.6 Å². The Balaban J connectivity index is 1.98. The standard InChI is InChI=1S/C19H12Cl2F2O/c1-11-6-12(16-4-2-13(20)9-17(16)21)8-15(7-11)24-14-3-5-18(22)19(23)10-14/h2-10H,1H3. The first-order chi connectivity index (χ1) is 11.4. The van der Waals surface area contributed by atoms with E-state index in [1.54, 1.807) is 24.3 Å². The smallest absolute Gasteiger partial charge is 0.162 e. The molecule has 0 amide bonds. The van der Waals surface area contributed by atoms with Gasteiger partial charge in [-0.2, -0.15) is 0 Å². The first-order valence-electron chi connectivity index (χ1n) is 7.12. The molecule has 0 saturated carbocycles. The Kier molecular flexibility index (Phi) is 4.74. The molecule has 0 spiro atoms. The highest BCUT2D eigenvalue weighted by Crippen LogP contribution is 2.34. The molecule has 0 aliphatic rings. The molecule has 3 rings (SSSR count). The van der Waals surface area contributed by atoms with Gasteiger partial charge in [0.15, 0.2) is 11.6 Å². The van der Waals surface area contributed by atoms with Crippen LogP contribution in [0.2, 0.25) is 10.0 Å². The van der Waals surface area contributed by atoms with Crippen LogP contribution in [0.15, 0.2) is 54.6 Å². The van der Waals surface area contributed by atoms with Crippen LogP contribution in [-0.2, 0) is 0 Å². The summed E-state index contributed by atoms with van der Waals surface area (Å²) < 4.78 is 32.0. The van der Waals surface area contributed by atoms with Crippen LogP contribution < -0.4 is 4.74 Å². The van der Waals surface area contributed by atoms with Crippen molar-refractivity contribution in [1.29, 1.82) is 0 Å². The molecule has 0 saturated heterocycles. The number of halogens is 4. The number of hydrogen-bond acceptors (Lipinski definition) is 1. The second kappa shape index (κ2) is 6.80. The summed E-state index contributed by atoms with van der Waals surface area (Å²) in [7, 11) is 0. The van der Waals surface area contributed by atoms with Crippen molar-refractivity contribution < 1.29 is 13.5 Å². The molecule has 0 radical (unpaired) electrons. The highest BCUT2D eigenvalue weighted by atomic mass is 35.5. The lowest BCUT2D eigenvalue weighted by atomic mass is 10.0. The van der Waals surface area contributed by atoms with Crippen LogP contribution in [0, 0.1) is 18.6 Å². The van der Waals surface area contributed by atoms with E-state index in [4.69, 9.17) is 27.9 Å². The molecular formula is C19H12Cl2F2O. The van der Waals surface area contributed by atoms with Gasteiger partial charge in [0.2, 0.25) is 0 Å². The Bertz CT molecular complexity index is 910. The van der Waals surface area contributed by atoms with Gasteiger partial charge in [-0.05, 0) is 54.4 Å². The van der Waals surface area contributed by atoms with Crippen molar-refractivity contribution in [3.63, 3.8) is 0 Å². The Morgan fingerprint density at radius 1 is 0.792 bits per heavy atom. The molecule has 1 nitrogen and oxygen atoms in total. The molecule has 0 aliphatic carbocycles. The van der Waals surface area contributed by atoms with Crippen molar-refractivity contribution in [2.24, 2.45) is 0 Å². The van der Waals surface area contributed by atoms with E-state index >= 15 is 0 Å². The number of ether oxygens (including phenoxy) is 1. The predicted octanol–water partition coefficient (Wildman–Crippen LogP) is 7.04. The van der Waals surface area contributed by atoms with Crippen LogP contribution >= 0.6 is 23.2 Å². The van der Waals surface area contributed by atoms with E-state index in [2.05, 4.69) is 0 Å². The molecule has 0 bridgehead atoms. The lowest BCUT2D eigenvalue weighted by molar-refractivity contribution is 0.461. The largest absolute Gasteiger partial charge is 0.457 e. The summed E-state index contributed by atoms with van der Waals surface area (Å²) in [4.78, 5) is 0. The zero-order chi connectivity index (χ0) is 17.3. The number of benzene rings is 3. The molecule has 0 N–H and O–H groups in total. The Labute approximate surface area is 148 Å². The van der Waals surface area contributed by atoms with Gasteiger partial charge in [0.1, 0.15) is 11.5 Å². The topological polar surface area (TPSA) is 9.23 Å². The van der Waals surface area contributed by atoms with Crippen LogP contribution in [0.5, 0.6) is 11.5 Å². The van der Waals surface area contributed by atoms with E-state index in [1.165, 1.54) is 6.07 Å². The van der Waals surface area contributed by atoms with Gasteiger partial charge in [-0.3, -0.25) is 0 Å². The van der Waals surface area contributed by atoms with Gasteiger partial charge in [0.05, 0.1) is 0 Å². The van der Waals surface area contributed by atoms with E-state index in [9.17, 15) is 8.78 Å². The van der Waals surface area contributed by atoms with Crippen molar-refractivity contribution >= 4 is 23.2 Å². The quantitative estimate of drug-likeness (QED) is 0.484. The van der Waals surface area contributed by atoms with Gasteiger partial charge in [-0.15, -0.1) is 0 Å². The molecular weight excluding hydrogens is 353 g/mol. The molecule has 0 aromatic heterocycles. The normalized spacial score (nSPS) is 10.7. The first kappa shape index (κ1) is 16.7. The van der Waals surface area contributed by atoms with Crippen LogP contribution in [-0.4, -0.2) is 0 Å². The predicted molar refractivity (Wildman–Crippen MR) is 93.1 cm³/mol. The monoisotopic (exact) mass is 364 g/mol. The molecule has 0 aliphatic heterocycles. The maximum atomic E-state index is 13.3. The van der Waals surface area contributed by atoms with Crippen molar-refractivity contribution in [1.82, 2.24) is 0 Å². The van der Waals surface area contributed by atoms with Gasteiger partial charge in [0.25, 0.3) is 0 Å². The highest BCUT2D eigenvalue weighted by molar-refractivity contribution is 6.36. The van der Waals surface area contributed by atoms with Crippen molar-refractivity contribution in [2.75, 3.05) is 0 Å². The average molecular weight is 365 g/mol. The molecule has 3 aromatic carbocycles. The fourth-order valence-corrected chi connectivity index (χ4v) is 2.88. The van der Waals surface area contributed by atoms with Gasteiger partial charge in [-0.1, -0.05) is 35.3 Å². The lowest BCUT2D eigenvalue weighted by Gasteiger charge is -2.11. The number of hydrogen-bond donors (Lipinski definition) is 0. The Hall–Kier alpha value is -2.10. The Morgan fingerprint density at radius 2 is 1.58 bits per heavy atom. The molecule has 0 heterocycles. The SMILES string of the molecule is Cc1cc(Oc2ccc(F)c(F)c2)cc(-c2ccc(Cl)cc2Cl)c1. The molecule has 24 heavy (non-hydrogen) atoms. The number of aryl methyl sites for hydroxylation is 1. The second-order valence-electron chi connectivity index (χ2n) is 5.34. The minimum absolute atomic E-state index is 0.215. The molecule has 0 fully saturated rings. The van der Waals surface area contributed by atoms with E-state index in [0.717, 1.165) is 28.8 Å². The summed E-state index contributed by atoms with van der Waals surface area (Å²) in [5.41, 5.74) is 2.59. The number of rotatable bonds is 3. The van der Waals surface area contributed by atoms with Crippen molar-refractivity contribution in [3.8, 4) is 22.6 Å². The minimum atomic E-state index is -0.957. The zero-order valence-corrected chi connectivity index (χ0v) is 14.1. The third-order valence-electron chi connectivity index (χ3n) is 3.42. The van der Waals surface area contributed by atoms with Gasteiger partial charge in [-0.25, -0.2) is 8.78 Å². The van der Waals surface area contributed by atoms with Crippen molar-refractivity contribution in [3.05, 3.63) is 81.8 Å². The molecule has 0 unspecified atom stereocenters. The third-order valence-corrected chi connectivity index (χ3v) is 3.97. The van der Waals surface area contributed by atoms with Crippen LogP contribution in [0.3, 0.4) is 0 Å². The maximum absolute atomic E-state index is 13.3. The highest BCUT2D eigenvalue weighted by Gasteiger charge is 2.09. The summed E-state index contributed by atoms with van der Waals surface area (Å²) in [6.07, 6.45) is 0. The molecule has 3 aromatic rings. The fourth-order valence-electron chi connectivity index (χ4n) is 2.36. The van der Waals surface area contributed by atoms with Gasteiger partial charge in [0, 0.05) is 21.7 Å². The lowest BCUT2D eigenvalue weighted by Crippen LogP contribution is -1.90. The fraction of sp³-hybridized carbons (Fsp3) is 0.0526. The summed E-state index contributed by atoms with van der Waals surface area (Å²) >= 11 is 12.2. The first-order valence-corrected chi connectivity index (χ1v) is 7.88. The second-order valence-corrected chi connectivity index (χ2v) is 6.18. The summed E-state index contributed by atoms with van der Waals surface area (Å²) in [5, 5.41) is 1.07. The minimum Gasteiger partial charge on any atom is -0.457 e. The summed E-state index contributed by atoms with van der Waals surface area (Å²) in [5.74, 6) is -1.16. The summed E-state index contributed by atoms with van der Waals surface area (Å²) in [6, 6.07) is 14.2. The van der Waals surface area contributed by atoms with E-state index in [0.29, 0.717) is 15.8 Å². The van der Waals surface area contributed by atoms with Crippen molar-refractivity contribution in [2.45, 2.75) is 6.92 Å². The van der Waals surface area contributed by atoms with Crippen LogP contribution in [0.4, 0.5) is 8.78 Å². The molecule has 0 atom stereocenters. The molecule has 5 heteroatoms. The summed E-state index contributed by atoms with van der Waals surface area (Å²) in [6.45, 7) is 1.91. The van der Waals surface area contributed by atoms with Crippen LogP contribution in [0.1, 0.15) is 5.56 Å². The zero-order valence-electron chi connectivity index (χ0n) is 12.6. The van der Waals surface area contributed by atoms with E-state index in [-0.39, 0.29) is 5.75 Å². The molecule has 122 valence electrons. The van der Waals surface area contributed by atoms with Gasteiger partial charge >= 0.3 is 0 Å². The maximum Gasteiger partial charge on any atom is 0.162 e. The van der Waals surface area contributed by atoms with Gasteiger partial charge < -0.3 is 4.74 Å². The van der Waals surface area contributed by atoms with Crippen LogP contribution in [0.25, 0.3) is 11.1 Å². The third kappa shape index (κ3) is 3.69. The van der Waals surface area contributed by atoms with E-state index in [1.807, 2.05) is 19.1 Å². The average Bonchev–Trinajstić information content (AvgIpc) is 2.50. The Morgan fingerprint density at radius 3 is 2.29 bits per heavy atom.